The highest BCUT2D eigenvalue weighted by atomic mass is 35.5. The van der Waals surface area contributed by atoms with Gasteiger partial charge in [-0.25, -0.2) is 0 Å². The summed E-state index contributed by atoms with van der Waals surface area (Å²) in [6.07, 6.45) is -0.788. The second kappa shape index (κ2) is 5.35. The maximum absolute atomic E-state index is 11.0. The Kier molecular flexibility index (Phi) is 4.39. The molecule has 0 radical (unpaired) electrons. The van der Waals surface area contributed by atoms with Crippen molar-refractivity contribution in [1.82, 2.24) is 0 Å². The first-order chi connectivity index (χ1) is 6.63. The molecule has 1 aromatic carbocycles. The van der Waals surface area contributed by atoms with E-state index in [0.29, 0.717) is 10.6 Å². The van der Waals surface area contributed by atoms with Crippen LogP contribution in [0.5, 0.6) is 0 Å². The van der Waals surface area contributed by atoms with E-state index in [1.54, 1.807) is 24.3 Å². The molecule has 1 rings (SSSR count). The van der Waals surface area contributed by atoms with Crippen molar-refractivity contribution in [2.24, 2.45) is 0 Å². The second-order valence-electron chi connectivity index (χ2n) is 2.95. The fourth-order valence-corrected chi connectivity index (χ4v) is 1.41. The minimum atomic E-state index is -0.819. The molecule has 2 nitrogen and oxygen atoms in total. The molecule has 0 amide bonds. The zero-order chi connectivity index (χ0) is 10.6. The van der Waals surface area contributed by atoms with Crippen LogP contribution in [-0.2, 0) is 4.79 Å². The molecule has 0 bridgehead atoms. The fourth-order valence-electron chi connectivity index (χ4n) is 1.10. The van der Waals surface area contributed by atoms with Crippen LogP contribution in [0.1, 0.15) is 18.1 Å². The first-order valence-corrected chi connectivity index (χ1v) is 5.06. The number of aliphatic hydroxyl groups is 1. The van der Waals surface area contributed by atoms with Gasteiger partial charge in [0.05, 0.1) is 12.0 Å². The Morgan fingerprint density at radius 3 is 2.79 bits per heavy atom. The van der Waals surface area contributed by atoms with Crippen LogP contribution in [0.4, 0.5) is 0 Å². The van der Waals surface area contributed by atoms with Crippen molar-refractivity contribution in [3.05, 3.63) is 34.9 Å². The Labute approximate surface area is 92.5 Å². The van der Waals surface area contributed by atoms with Crippen molar-refractivity contribution in [3.63, 3.8) is 0 Å². The van der Waals surface area contributed by atoms with Gasteiger partial charge < -0.3 is 5.11 Å². The van der Waals surface area contributed by atoms with E-state index in [9.17, 15) is 9.90 Å². The number of carbonyl (C=O) groups is 1. The normalized spacial score (nSPS) is 12.5. The molecule has 0 heterocycles. The van der Waals surface area contributed by atoms with E-state index in [2.05, 4.69) is 0 Å². The molecule has 0 fully saturated rings. The molecule has 1 unspecified atom stereocenters. The highest BCUT2D eigenvalue weighted by Crippen LogP contribution is 2.20. The summed E-state index contributed by atoms with van der Waals surface area (Å²) in [5, 5.41) is 10.1. The summed E-state index contributed by atoms with van der Waals surface area (Å²) in [6, 6.07) is 6.79. The molecular formula is C10H10Cl2O2. The van der Waals surface area contributed by atoms with Gasteiger partial charge in [0, 0.05) is 11.4 Å². The molecule has 1 N–H and O–H groups in total. The number of aliphatic hydroxyl groups excluding tert-OH is 1. The van der Waals surface area contributed by atoms with E-state index in [0.717, 1.165) is 0 Å². The van der Waals surface area contributed by atoms with Crippen LogP contribution in [-0.4, -0.2) is 16.8 Å². The summed E-state index contributed by atoms with van der Waals surface area (Å²) in [5.74, 6) is -0.253. The summed E-state index contributed by atoms with van der Waals surface area (Å²) < 4.78 is 0. The summed E-state index contributed by atoms with van der Waals surface area (Å²) in [6.45, 7) is 0. The van der Waals surface area contributed by atoms with Gasteiger partial charge in [0.2, 0.25) is 0 Å². The largest absolute Gasteiger partial charge is 0.388 e. The van der Waals surface area contributed by atoms with Gasteiger partial charge in [-0.15, -0.1) is 11.6 Å². The van der Waals surface area contributed by atoms with Crippen LogP contribution in [0.15, 0.2) is 24.3 Å². The highest BCUT2D eigenvalue weighted by Gasteiger charge is 2.12. The lowest BCUT2D eigenvalue weighted by Crippen LogP contribution is -2.07. The topological polar surface area (TPSA) is 37.3 Å². The van der Waals surface area contributed by atoms with Gasteiger partial charge in [0.25, 0.3) is 0 Å². The zero-order valence-corrected chi connectivity index (χ0v) is 8.92. The molecule has 0 spiro atoms. The second-order valence-corrected chi connectivity index (χ2v) is 3.65. The number of hydrogen-bond acceptors (Lipinski definition) is 2. The number of hydrogen-bond donors (Lipinski definition) is 1. The van der Waals surface area contributed by atoms with E-state index in [-0.39, 0.29) is 18.1 Å². The number of halogens is 2. The van der Waals surface area contributed by atoms with Crippen LogP contribution in [0, 0.1) is 0 Å². The molecule has 0 saturated carbocycles. The molecule has 1 atom stereocenters. The van der Waals surface area contributed by atoms with Crippen molar-refractivity contribution in [2.75, 3.05) is 5.88 Å². The average molecular weight is 233 g/mol. The average Bonchev–Trinajstić information content (AvgIpc) is 2.17. The van der Waals surface area contributed by atoms with Crippen molar-refractivity contribution >= 4 is 29.0 Å². The first-order valence-electron chi connectivity index (χ1n) is 4.14. The molecule has 1 aromatic rings. The summed E-state index contributed by atoms with van der Waals surface area (Å²) in [5.41, 5.74) is 0.635. The van der Waals surface area contributed by atoms with E-state index in [1.165, 1.54) is 0 Å². The first kappa shape index (κ1) is 11.5. The Morgan fingerprint density at radius 1 is 1.50 bits per heavy atom. The third-order valence-corrected chi connectivity index (χ3v) is 2.34. The van der Waals surface area contributed by atoms with Crippen molar-refractivity contribution in [3.8, 4) is 0 Å². The lowest BCUT2D eigenvalue weighted by atomic mass is 10.1. The number of Topliss-reactive ketones (excluding diaryl/α,β-unsaturated/α-hetero) is 1. The van der Waals surface area contributed by atoms with Crippen molar-refractivity contribution in [1.29, 1.82) is 0 Å². The third-order valence-electron chi connectivity index (χ3n) is 1.80. The van der Waals surface area contributed by atoms with Crippen LogP contribution >= 0.6 is 23.2 Å². The maximum atomic E-state index is 11.0. The van der Waals surface area contributed by atoms with Crippen LogP contribution in [0.2, 0.25) is 5.02 Å². The van der Waals surface area contributed by atoms with Gasteiger partial charge in [-0.1, -0.05) is 23.7 Å². The van der Waals surface area contributed by atoms with E-state index >= 15 is 0 Å². The number of ketones is 1. The van der Waals surface area contributed by atoms with Crippen LogP contribution in [0.25, 0.3) is 0 Å². The molecule has 76 valence electrons. The smallest absolute Gasteiger partial charge is 0.150 e. The molecule has 0 aromatic heterocycles. The molecule has 0 aliphatic heterocycles. The van der Waals surface area contributed by atoms with Gasteiger partial charge in [0.15, 0.2) is 5.78 Å². The summed E-state index contributed by atoms with van der Waals surface area (Å²) in [4.78, 5) is 11.0. The lowest BCUT2D eigenvalue weighted by Gasteiger charge is -2.09. The number of benzene rings is 1. The Bertz CT molecular complexity index is 326. The molecule has 0 aliphatic rings. The van der Waals surface area contributed by atoms with Gasteiger partial charge in [0.1, 0.15) is 0 Å². The Hall–Kier alpha value is -0.570. The maximum Gasteiger partial charge on any atom is 0.150 e. The molecule has 0 aliphatic carbocycles. The van der Waals surface area contributed by atoms with Gasteiger partial charge in [-0.2, -0.15) is 0 Å². The molecule has 4 heteroatoms. The number of carbonyl (C=O) groups excluding carboxylic acids is 1. The predicted molar refractivity (Wildman–Crippen MR) is 56.8 cm³/mol. The molecule has 0 saturated heterocycles. The quantitative estimate of drug-likeness (QED) is 0.811. The predicted octanol–water partition coefficient (Wildman–Crippen LogP) is 2.57. The monoisotopic (exact) mass is 232 g/mol. The zero-order valence-electron chi connectivity index (χ0n) is 7.41. The van der Waals surface area contributed by atoms with Gasteiger partial charge in [-0.05, 0) is 17.7 Å². The SMILES string of the molecule is O=C(CCl)CC(O)c1cccc(Cl)c1. The van der Waals surface area contributed by atoms with Crippen LogP contribution < -0.4 is 0 Å². The molecular weight excluding hydrogens is 223 g/mol. The standard InChI is InChI=1S/C10H10Cl2O2/c11-6-9(13)5-10(14)7-2-1-3-8(12)4-7/h1-4,10,14H,5-6H2. The third kappa shape index (κ3) is 3.29. The van der Waals surface area contributed by atoms with Gasteiger partial charge in [-0.3, -0.25) is 4.79 Å². The minimum absolute atomic E-state index is 0.0316. The van der Waals surface area contributed by atoms with Gasteiger partial charge >= 0.3 is 0 Å². The molecule has 14 heavy (non-hydrogen) atoms. The van der Waals surface area contributed by atoms with E-state index < -0.39 is 6.10 Å². The van der Waals surface area contributed by atoms with E-state index in [4.69, 9.17) is 23.2 Å². The number of rotatable bonds is 4. The fraction of sp³-hybridized carbons (Fsp3) is 0.300. The minimum Gasteiger partial charge on any atom is -0.388 e. The Balaban J connectivity index is 2.69. The highest BCUT2D eigenvalue weighted by molar-refractivity contribution is 6.30. The number of alkyl halides is 1. The lowest BCUT2D eigenvalue weighted by molar-refractivity contribution is -0.118. The van der Waals surface area contributed by atoms with Crippen molar-refractivity contribution in [2.45, 2.75) is 12.5 Å². The van der Waals surface area contributed by atoms with Crippen LogP contribution in [0.3, 0.4) is 0 Å². The Morgan fingerprint density at radius 2 is 2.21 bits per heavy atom. The van der Waals surface area contributed by atoms with E-state index in [1.807, 2.05) is 0 Å². The summed E-state index contributed by atoms with van der Waals surface area (Å²) >= 11 is 11.1. The van der Waals surface area contributed by atoms with Crippen molar-refractivity contribution < 1.29 is 9.90 Å². The summed E-state index contributed by atoms with van der Waals surface area (Å²) in [7, 11) is 0.